The summed E-state index contributed by atoms with van der Waals surface area (Å²) in [6.07, 6.45) is 0. The van der Waals surface area contributed by atoms with E-state index >= 15 is 0 Å². The van der Waals surface area contributed by atoms with Crippen LogP contribution in [0, 0.1) is 0 Å². The molecule has 2 aromatic rings. The fraction of sp³-hybridized carbons (Fsp3) is 0.273. The first-order chi connectivity index (χ1) is 8.38. The summed E-state index contributed by atoms with van der Waals surface area (Å²) in [5.74, 6) is 1.65. The fourth-order valence-corrected chi connectivity index (χ4v) is 1.74. The van der Waals surface area contributed by atoms with Gasteiger partial charge in [-0.15, -0.1) is 0 Å². The predicted octanol–water partition coefficient (Wildman–Crippen LogP) is 1.06. The normalized spacial score (nSPS) is 14.2. The zero-order valence-corrected chi connectivity index (χ0v) is 9.05. The van der Waals surface area contributed by atoms with Gasteiger partial charge in [0.2, 0.25) is 11.7 Å². The van der Waals surface area contributed by atoms with Crippen molar-refractivity contribution in [1.29, 1.82) is 0 Å². The number of rotatable bonds is 2. The van der Waals surface area contributed by atoms with Gasteiger partial charge in [-0.2, -0.15) is 4.98 Å². The van der Waals surface area contributed by atoms with Crippen LogP contribution in [-0.4, -0.2) is 16.9 Å². The summed E-state index contributed by atoms with van der Waals surface area (Å²) in [6.45, 7) is 1.00. The Morgan fingerprint density at radius 2 is 2.29 bits per heavy atom. The maximum Gasteiger partial charge on any atom is 0.240 e. The van der Waals surface area contributed by atoms with E-state index in [0.29, 0.717) is 18.3 Å². The van der Waals surface area contributed by atoms with Gasteiger partial charge in [-0.25, -0.2) is 0 Å². The molecular weight excluding hydrogens is 222 g/mol. The van der Waals surface area contributed by atoms with Crippen LogP contribution < -0.4 is 10.5 Å². The Balaban J connectivity index is 2.07. The molecule has 0 radical (unpaired) electrons. The van der Waals surface area contributed by atoms with Gasteiger partial charge in [0.15, 0.2) is 6.79 Å². The van der Waals surface area contributed by atoms with Crippen molar-refractivity contribution in [2.45, 2.75) is 13.2 Å². The van der Waals surface area contributed by atoms with Gasteiger partial charge in [-0.05, 0) is 6.07 Å². The molecule has 0 spiro atoms. The highest BCUT2D eigenvalue weighted by molar-refractivity contribution is 5.66. The molecule has 0 aliphatic carbocycles. The topological polar surface area (TPSA) is 83.4 Å². The molecule has 0 bridgehead atoms. The van der Waals surface area contributed by atoms with Gasteiger partial charge in [0, 0.05) is 5.56 Å². The second-order valence-corrected chi connectivity index (χ2v) is 3.62. The molecule has 1 aromatic heterocycles. The molecular formula is C11H11N3O3. The molecule has 0 atom stereocenters. The lowest BCUT2D eigenvalue weighted by atomic mass is 10.1. The first-order valence-electron chi connectivity index (χ1n) is 5.24. The van der Waals surface area contributed by atoms with Crippen LogP contribution in [0.4, 0.5) is 0 Å². The maximum atomic E-state index is 5.48. The molecule has 1 aromatic carbocycles. The molecule has 0 saturated carbocycles. The van der Waals surface area contributed by atoms with Crippen molar-refractivity contribution in [3.63, 3.8) is 0 Å². The quantitative estimate of drug-likeness (QED) is 0.835. The molecule has 0 fully saturated rings. The number of nitrogens with zero attached hydrogens (tertiary/aromatic N) is 2. The van der Waals surface area contributed by atoms with Crippen LogP contribution in [-0.2, 0) is 17.9 Å². The summed E-state index contributed by atoms with van der Waals surface area (Å²) in [5, 5.41) is 3.88. The Labute approximate surface area is 97.3 Å². The van der Waals surface area contributed by atoms with E-state index < -0.39 is 0 Å². The monoisotopic (exact) mass is 233 g/mol. The summed E-state index contributed by atoms with van der Waals surface area (Å²) in [5.41, 5.74) is 7.21. The first-order valence-corrected chi connectivity index (χ1v) is 5.24. The highest BCUT2D eigenvalue weighted by Crippen LogP contribution is 2.33. The van der Waals surface area contributed by atoms with Gasteiger partial charge in [0.05, 0.1) is 18.7 Å². The lowest BCUT2D eigenvalue weighted by Gasteiger charge is -2.19. The minimum absolute atomic E-state index is 0.228. The van der Waals surface area contributed by atoms with Gasteiger partial charge < -0.3 is 19.7 Å². The number of para-hydroxylation sites is 1. The number of ether oxygens (including phenoxy) is 2. The molecule has 6 nitrogen and oxygen atoms in total. The third-order valence-electron chi connectivity index (χ3n) is 2.52. The molecule has 0 unspecified atom stereocenters. The Kier molecular flexibility index (Phi) is 2.50. The van der Waals surface area contributed by atoms with Crippen molar-refractivity contribution < 1.29 is 14.0 Å². The van der Waals surface area contributed by atoms with Crippen LogP contribution in [0.3, 0.4) is 0 Å². The van der Waals surface area contributed by atoms with E-state index in [2.05, 4.69) is 10.1 Å². The second-order valence-electron chi connectivity index (χ2n) is 3.62. The minimum Gasteiger partial charge on any atom is -0.466 e. The number of benzene rings is 1. The highest BCUT2D eigenvalue weighted by atomic mass is 16.7. The van der Waals surface area contributed by atoms with Crippen molar-refractivity contribution in [2.75, 3.05) is 6.79 Å². The first kappa shape index (κ1) is 10.2. The van der Waals surface area contributed by atoms with E-state index in [0.717, 1.165) is 16.9 Å². The summed E-state index contributed by atoms with van der Waals surface area (Å²) in [4.78, 5) is 4.18. The molecule has 1 aliphatic heterocycles. The molecule has 2 N–H and O–H groups in total. The molecule has 17 heavy (non-hydrogen) atoms. The zero-order valence-electron chi connectivity index (χ0n) is 9.05. The zero-order chi connectivity index (χ0) is 11.7. The van der Waals surface area contributed by atoms with E-state index in [4.69, 9.17) is 19.7 Å². The van der Waals surface area contributed by atoms with Gasteiger partial charge in [-0.1, -0.05) is 17.3 Å². The highest BCUT2D eigenvalue weighted by Gasteiger charge is 2.19. The number of hydrogen-bond donors (Lipinski definition) is 1. The number of nitrogens with two attached hydrogens (primary N) is 1. The van der Waals surface area contributed by atoms with Crippen molar-refractivity contribution in [1.82, 2.24) is 10.1 Å². The lowest BCUT2D eigenvalue weighted by molar-refractivity contribution is -0.0159. The van der Waals surface area contributed by atoms with Crippen LogP contribution in [0.5, 0.6) is 5.75 Å². The standard InChI is InChI=1S/C11H11N3O3/c12-4-9-13-11(14-17-9)8-3-1-2-7-5-15-6-16-10(7)8/h1-3H,4-6,12H2. The molecule has 6 heteroatoms. The van der Waals surface area contributed by atoms with Gasteiger partial charge in [0.25, 0.3) is 0 Å². The third kappa shape index (κ3) is 1.77. The van der Waals surface area contributed by atoms with Crippen LogP contribution in [0.15, 0.2) is 22.7 Å². The van der Waals surface area contributed by atoms with E-state index in [-0.39, 0.29) is 13.3 Å². The van der Waals surface area contributed by atoms with E-state index in [1.54, 1.807) is 0 Å². The van der Waals surface area contributed by atoms with Crippen LogP contribution in [0.2, 0.25) is 0 Å². The Morgan fingerprint density at radius 3 is 3.12 bits per heavy atom. The summed E-state index contributed by atoms with van der Waals surface area (Å²) in [6, 6.07) is 5.74. The predicted molar refractivity (Wildman–Crippen MR) is 57.9 cm³/mol. The van der Waals surface area contributed by atoms with Crippen LogP contribution in [0.25, 0.3) is 11.4 Å². The van der Waals surface area contributed by atoms with Crippen LogP contribution in [0.1, 0.15) is 11.5 Å². The lowest BCUT2D eigenvalue weighted by Crippen LogP contribution is -2.12. The summed E-state index contributed by atoms with van der Waals surface area (Å²) < 4.78 is 15.7. The Morgan fingerprint density at radius 1 is 1.35 bits per heavy atom. The fourth-order valence-electron chi connectivity index (χ4n) is 1.74. The van der Waals surface area contributed by atoms with Gasteiger partial charge in [0.1, 0.15) is 5.75 Å². The molecule has 0 amide bonds. The van der Waals surface area contributed by atoms with Gasteiger partial charge >= 0.3 is 0 Å². The van der Waals surface area contributed by atoms with Crippen molar-refractivity contribution in [2.24, 2.45) is 5.73 Å². The Bertz CT molecular complexity index is 539. The molecule has 0 saturated heterocycles. The molecule has 1 aliphatic rings. The van der Waals surface area contributed by atoms with Crippen molar-refractivity contribution >= 4 is 0 Å². The molecule has 2 heterocycles. The summed E-state index contributed by atoms with van der Waals surface area (Å²) in [7, 11) is 0. The third-order valence-corrected chi connectivity index (χ3v) is 2.52. The largest absolute Gasteiger partial charge is 0.466 e. The molecule has 3 rings (SSSR count). The van der Waals surface area contributed by atoms with E-state index in [1.165, 1.54) is 0 Å². The van der Waals surface area contributed by atoms with Crippen molar-refractivity contribution in [3.8, 4) is 17.1 Å². The molecule has 88 valence electrons. The average molecular weight is 233 g/mol. The minimum atomic E-state index is 0.228. The van der Waals surface area contributed by atoms with Crippen molar-refractivity contribution in [3.05, 3.63) is 29.7 Å². The average Bonchev–Trinajstić information content (AvgIpc) is 2.87. The second kappa shape index (κ2) is 4.15. The van der Waals surface area contributed by atoms with E-state index in [1.807, 2.05) is 18.2 Å². The maximum absolute atomic E-state index is 5.48. The number of aromatic nitrogens is 2. The number of hydrogen-bond acceptors (Lipinski definition) is 6. The van der Waals surface area contributed by atoms with Crippen LogP contribution >= 0.6 is 0 Å². The van der Waals surface area contributed by atoms with Gasteiger partial charge in [-0.3, -0.25) is 0 Å². The smallest absolute Gasteiger partial charge is 0.240 e. The van der Waals surface area contributed by atoms with E-state index in [9.17, 15) is 0 Å². The summed E-state index contributed by atoms with van der Waals surface area (Å²) >= 11 is 0. The Hall–Kier alpha value is -1.92. The SMILES string of the molecule is NCc1nc(-c2cccc3c2OCOC3)no1. The number of fused-ring (bicyclic) bond motifs is 1.